The number of pyridine rings is 1. The zero-order valence-corrected chi connectivity index (χ0v) is 9.31. The summed E-state index contributed by atoms with van der Waals surface area (Å²) in [4.78, 5) is 4.23. The first kappa shape index (κ1) is 10.7. The van der Waals surface area contributed by atoms with Crippen LogP contribution in [-0.2, 0) is 0 Å². The van der Waals surface area contributed by atoms with Gasteiger partial charge in [-0.2, -0.15) is 0 Å². The second-order valence-electron chi connectivity index (χ2n) is 3.52. The second-order valence-corrected chi connectivity index (χ2v) is 3.52. The molecule has 2 rings (SSSR count). The van der Waals surface area contributed by atoms with Crippen LogP contribution < -0.4 is 10.5 Å². The zero-order chi connectivity index (χ0) is 11.5. The molecule has 1 atom stereocenters. The molecule has 0 saturated carbocycles. The smallest absolute Gasteiger partial charge is 0.142 e. The van der Waals surface area contributed by atoms with E-state index in [1.165, 1.54) is 0 Å². The van der Waals surface area contributed by atoms with Gasteiger partial charge in [0.15, 0.2) is 0 Å². The van der Waals surface area contributed by atoms with Gasteiger partial charge in [0, 0.05) is 6.20 Å². The van der Waals surface area contributed by atoms with Gasteiger partial charge in [0.2, 0.25) is 0 Å². The second kappa shape index (κ2) is 4.37. The van der Waals surface area contributed by atoms with E-state index in [1.807, 2.05) is 31.2 Å². The van der Waals surface area contributed by atoms with Crippen molar-refractivity contribution in [3.05, 3.63) is 47.7 Å². The van der Waals surface area contributed by atoms with Gasteiger partial charge in [0.05, 0.1) is 7.11 Å². The molecule has 0 aliphatic heterocycles. The first-order valence-electron chi connectivity index (χ1n) is 5.03. The van der Waals surface area contributed by atoms with Crippen LogP contribution in [0.1, 0.15) is 23.3 Å². The number of ether oxygens (including phenoxy) is 1. The number of hydrogen-bond donors (Lipinski definition) is 1. The maximum Gasteiger partial charge on any atom is 0.142 e. The molecule has 0 aromatic carbocycles. The van der Waals surface area contributed by atoms with Crippen molar-refractivity contribution >= 4 is 0 Å². The molecule has 0 bridgehead atoms. The van der Waals surface area contributed by atoms with Crippen molar-refractivity contribution in [2.45, 2.75) is 13.0 Å². The van der Waals surface area contributed by atoms with Gasteiger partial charge in [-0.1, -0.05) is 0 Å². The van der Waals surface area contributed by atoms with Crippen LogP contribution in [0.2, 0.25) is 0 Å². The Morgan fingerprint density at radius 1 is 1.38 bits per heavy atom. The van der Waals surface area contributed by atoms with E-state index in [9.17, 15) is 0 Å². The highest BCUT2D eigenvalue weighted by Gasteiger charge is 2.17. The van der Waals surface area contributed by atoms with Crippen LogP contribution in [-0.4, -0.2) is 12.1 Å². The topological polar surface area (TPSA) is 61.3 Å². The maximum absolute atomic E-state index is 6.07. The van der Waals surface area contributed by atoms with Crippen molar-refractivity contribution in [1.82, 2.24) is 4.98 Å². The monoisotopic (exact) mass is 218 g/mol. The summed E-state index contributed by atoms with van der Waals surface area (Å²) in [5, 5.41) is 0. The van der Waals surface area contributed by atoms with Crippen LogP contribution in [0.25, 0.3) is 0 Å². The summed E-state index contributed by atoms with van der Waals surface area (Å²) < 4.78 is 10.7. The van der Waals surface area contributed by atoms with Crippen molar-refractivity contribution in [1.29, 1.82) is 0 Å². The Kier molecular flexibility index (Phi) is 2.92. The summed E-state index contributed by atoms with van der Waals surface area (Å²) in [7, 11) is 1.60. The Balaban J connectivity index is 2.36. The molecule has 16 heavy (non-hydrogen) atoms. The molecule has 2 N–H and O–H groups in total. The van der Waals surface area contributed by atoms with Crippen LogP contribution in [0.3, 0.4) is 0 Å². The van der Waals surface area contributed by atoms with Crippen LogP contribution >= 0.6 is 0 Å². The number of nitrogens with two attached hydrogens (primary N) is 1. The Labute approximate surface area is 94.1 Å². The van der Waals surface area contributed by atoms with Gasteiger partial charge in [-0.05, 0) is 31.2 Å². The van der Waals surface area contributed by atoms with E-state index in [1.54, 1.807) is 13.3 Å². The number of methoxy groups -OCH3 is 1. The van der Waals surface area contributed by atoms with Crippen molar-refractivity contribution in [3.8, 4) is 5.75 Å². The van der Waals surface area contributed by atoms with E-state index in [2.05, 4.69) is 4.98 Å². The molecule has 1 unspecified atom stereocenters. The van der Waals surface area contributed by atoms with Gasteiger partial charge in [-0.15, -0.1) is 0 Å². The molecule has 4 heteroatoms. The summed E-state index contributed by atoms with van der Waals surface area (Å²) in [5.74, 6) is 2.19. The minimum absolute atomic E-state index is 0.398. The third kappa shape index (κ3) is 1.92. The van der Waals surface area contributed by atoms with Crippen molar-refractivity contribution < 1.29 is 9.15 Å². The van der Waals surface area contributed by atoms with Gasteiger partial charge in [-0.3, -0.25) is 4.98 Å². The summed E-state index contributed by atoms with van der Waals surface area (Å²) in [6, 6.07) is 6.98. The summed E-state index contributed by atoms with van der Waals surface area (Å²) in [5.41, 5.74) is 6.75. The van der Waals surface area contributed by atoms with E-state index in [0.717, 1.165) is 5.76 Å². The first-order valence-corrected chi connectivity index (χ1v) is 5.03. The lowest BCUT2D eigenvalue weighted by Gasteiger charge is -2.11. The van der Waals surface area contributed by atoms with Gasteiger partial charge in [0.25, 0.3) is 0 Å². The molecular formula is C12H14N2O2. The van der Waals surface area contributed by atoms with Gasteiger partial charge < -0.3 is 14.9 Å². The number of aromatic nitrogens is 1. The van der Waals surface area contributed by atoms with Crippen LogP contribution in [0, 0.1) is 6.92 Å². The Hall–Kier alpha value is -1.81. The predicted octanol–water partition coefficient (Wildman–Crippen LogP) is 2.04. The molecule has 0 saturated heterocycles. The van der Waals surface area contributed by atoms with E-state index in [4.69, 9.17) is 14.9 Å². The Morgan fingerprint density at radius 2 is 2.19 bits per heavy atom. The van der Waals surface area contributed by atoms with E-state index in [0.29, 0.717) is 17.2 Å². The lowest BCUT2D eigenvalue weighted by Crippen LogP contribution is -2.13. The standard InChI is InChI=1S/C12H14N2O2/c1-8-5-6-9(16-8)11(13)12-10(15-2)4-3-7-14-12/h3-7,11H,13H2,1-2H3. The van der Waals surface area contributed by atoms with Crippen LogP contribution in [0.5, 0.6) is 5.75 Å². The number of nitrogens with zero attached hydrogens (tertiary/aromatic N) is 1. The number of rotatable bonds is 3. The molecule has 4 nitrogen and oxygen atoms in total. The molecule has 0 amide bonds. The average molecular weight is 218 g/mol. The van der Waals surface area contributed by atoms with Crippen LogP contribution in [0.4, 0.5) is 0 Å². The summed E-state index contributed by atoms with van der Waals surface area (Å²) in [6.07, 6.45) is 1.69. The normalized spacial score (nSPS) is 12.4. The third-order valence-corrected chi connectivity index (χ3v) is 2.38. The largest absolute Gasteiger partial charge is 0.495 e. The predicted molar refractivity (Wildman–Crippen MR) is 60.3 cm³/mol. The van der Waals surface area contributed by atoms with Gasteiger partial charge in [0.1, 0.15) is 29.0 Å². The molecule has 0 spiro atoms. The highest BCUT2D eigenvalue weighted by Crippen LogP contribution is 2.26. The fourth-order valence-electron chi connectivity index (χ4n) is 1.56. The number of aryl methyl sites for hydroxylation is 1. The van der Waals surface area contributed by atoms with Crippen molar-refractivity contribution in [2.24, 2.45) is 5.73 Å². The molecule has 2 heterocycles. The lowest BCUT2D eigenvalue weighted by molar-refractivity contribution is 0.397. The molecule has 2 aromatic rings. The van der Waals surface area contributed by atoms with E-state index >= 15 is 0 Å². The summed E-state index contributed by atoms with van der Waals surface area (Å²) in [6.45, 7) is 1.88. The molecule has 0 fully saturated rings. The molecular weight excluding hydrogens is 204 g/mol. The van der Waals surface area contributed by atoms with Crippen molar-refractivity contribution in [2.75, 3.05) is 7.11 Å². The Bertz CT molecular complexity index is 479. The molecule has 0 aliphatic carbocycles. The maximum atomic E-state index is 6.07. The minimum Gasteiger partial charge on any atom is -0.495 e. The molecule has 2 aromatic heterocycles. The quantitative estimate of drug-likeness (QED) is 0.856. The van der Waals surface area contributed by atoms with Crippen molar-refractivity contribution in [3.63, 3.8) is 0 Å². The van der Waals surface area contributed by atoms with E-state index < -0.39 is 6.04 Å². The van der Waals surface area contributed by atoms with Crippen LogP contribution in [0.15, 0.2) is 34.9 Å². The van der Waals surface area contributed by atoms with E-state index in [-0.39, 0.29) is 0 Å². The highest BCUT2D eigenvalue weighted by atomic mass is 16.5. The summed E-state index contributed by atoms with van der Waals surface area (Å²) >= 11 is 0. The van der Waals surface area contributed by atoms with Gasteiger partial charge in [-0.25, -0.2) is 0 Å². The number of hydrogen-bond acceptors (Lipinski definition) is 4. The molecule has 0 radical (unpaired) electrons. The average Bonchev–Trinajstić information content (AvgIpc) is 2.75. The minimum atomic E-state index is -0.398. The highest BCUT2D eigenvalue weighted by molar-refractivity contribution is 5.33. The third-order valence-electron chi connectivity index (χ3n) is 2.38. The molecule has 0 aliphatic rings. The zero-order valence-electron chi connectivity index (χ0n) is 9.31. The fourth-order valence-corrected chi connectivity index (χ4v) is 1.56. The molecule has 84 valence electrons. The lowest BCUT2D eigenvalue weighted by atomic mass is 10.1. The SMILES string of the molecule is COc1cccnc1C(N)c1ccc(C)o1. The fraction of sp³-hybridized carbons (Fsp3) is 0.250. The first-order chi connectivity index (χ1) is 7.72. The Morgan fingerprint density at radius 3 is 2.81 bits per heavy atom. The number of furan rings is 1. The van der Waals surface area contributed by atoms with Gasteiger partial charge >= 0.3 is 0 Å².